The van der Waals surface area contributed by atoms with Gasteiger partial charge < -0.3 is 25.4 Å². The van der Waals surface area contributed by atoms with Gasteiger partial charge in [0.15, 0.2) is 17.5 Å². The lowest BCUT2D eigenvalue weighted by Gasteiger charge is -2.29. The van der Waals surface area contributed by atoms with Crippen LogP contribution in [0.25, 0.3) is 0 Å². The molecule has 0 fully saturated rings. The highest BCUT2D eigenvalue weighted by Gasteiger charge is 2.22. The van der Waals surface area contributed by atoms with Gasteiger partial charge in [0, 0.05) is 32.6 Å². The molecular formula is C20H33IN4O3. The van der Waals surface area contributed by atoms with Gasteiger partial charge in [-0.2, -0.15) is 0 Å². The van der Waals surface area contributed by atoms with Crippen LogP contribution in [0.3, 0.4) is 0 Å². The van der Waals surface area contributed by atoms with E-state index >= 15 is 0 Å². The number of rotatable bonds is 8. The molecule has 3 N–H and O–H groups in total. The fourth-order valence-corrected chi connectivity index (χ4v) is 3.05. The van der Waals surface area contributed by atoms with Gasteiger partial charge >= 0.3 is 0 Å². The minimum Gasteiger partial charge on any atom is -0.493 e. The van der Waals surface area contributed by atoms with Gasteiger partial charge in [-0.3, -0.25) is 9.79 Å². The molecule has 7 nitrogen and oxygen atoms in total. The molecule has 28 heavy (non-hydrogen) atoms. The van der Waals surface area contributed by atoms with E-state index in [0.717, 1.165) is 30.7 Å². The van der Waals surface area contributed by atoms with Gasteiger partial charge in [-0.15, -0.1) is 24.0 Å². The molecule has 1 amide bonds. The minimum atomic E-state index is 0. The van der Waals surface area contributed by atoms with Crippen molar-refractivity contribution >= 4 is 35.8 Å². The summed E-state index contributed by atoms with van der Waals surface area (Å²) in [5.41, 5.74) is 8.14. The highest BCUT2D eigenvalue weighted by Crippen LogP contribution is 2.33. The number of benzene rings is 1. The van der Waals surface area contributed by atoms with E-state index in [0.29, 0.717) is 43.7 Å². The Morgan fingerprint density at radius 2 is 1.89 bits per heavy atom. The average Bonchev–Trinajstić information content (AvgIpc) is 2.67. The van der Waals surface area contributed by atoms with E-state index in [-0.39, 0.29) is 29.9 Å². The zero-order valence-electron chi connectivity index (χ0n) is 17.3. The van der Waals surface area contributed by atoms with Crippen LogP contribution in [0.2, 0.25) is 0 Å². The lowest BCUT2D eigenvalue weighted by Crippen LogP contribution is -2.37. The SMILES string of the molecule is COc1cc2c(cc1OC)CN(C(=O)CCCNC(N)=NCC(C)C)CC2.I. The molecule has 0 aliphatic carbocycles. The molecule has 0 unspecified atom stereocenters. The number of aliphatic imine (C=N–C) groups is 1. The molecule has 0 saturated heterocycles. The van der Waals surface area contributed by atoms with Crippen LogP contribution in [0.15, 0.2) is 17.1 Å². The number of hydrogen-bond acceptors (Lipinski definition) is 4. The van der Waals surface area contributed by atoms with Crippen LogP contribution in [0.5, 0.6) is 11.5 Å². The molecule has 8 heteroatoms. The van der Waals surface area contributed by atoms with Crippen LogP contribution in [0.1, 0.15) is 37.8 Å². The minimum absolute atomic E-state index is 0. The standard InChI is InChI=1S/C20H32N4O3.HI/c1-14(2)12-23-20(21)22-8-5-6-19(25)24-9-7-15-10-17(26-3)18(27-4)11-16(15)13-24;/h10-11,14H,5-9,12-13H2,1-4H3,(H3,21,22,23);1H. The Morgan fingerprint density at radius 1 is 1.25 bits per heavy atom. The monoisotopic (exact) mass is 504 g/mol. The molecule has 158 valence electrons. The van der Waals surface area contributed by atoms with Gasteiger partial charge in [-0.1, -0.05) is 13.8 Å². The maximum atomic E-state index is 12.5. The molecule has 0 atom stereocenters. The van der Waals surface area contributed by atoms with E-state index in [2.05, 4.69) is 24.2 Å². The third kappa shape index (κ3) is 7.03. The van der Waals surface area contributed by atoms with Crippen molar-refractivity contribution in [2.75, 3.05) is 33.9 Å². The maximum Gasteiger partial charge on any atom is 0.222 e. The lowest BCUT2D eigenvalue weighted by molar-refractivity contribution is -0.132. The van der Waals surface area contributed by atoms with Crippen molar-refractivity contribution in [1.82, 2.24) is 10.2 Å². The van der Waals surface area contributed by atoms with Crippen LogP contribution in [0, 0.1) is 5.92 Å². The van der Waals surface area contributed by atoms with Crippen molar-refractivity contribution in [3.8, 4) is 11.5 Å². The normalized spacial score (nSPS) is 13.6. The molecule has 1 aliphatic heterocycles. The van der Waals surface area contributed by atoms with Gasteiger partial charge in [0.1, 0.15) is 0 Å². The van der Waals surface area contributed by atoms with Crippen molar-refractivity contribution in [2.45, 2.75) is 39.7 Å². The third-order valence-corrected chi connectivity index (χ3v) is 4.57. The van der Waals surface area contributed by atoms with Crippen LogP contribution < -0.4 is 20.5 Å². The topological polar surface area (TPSA) is 89.2 Å². The van der Waals surface area contributed by atoms with E-state index in [4.69, 9.17) is 15.2 Å². The number of nitrogens with zero attached hydrogens (tertiary/aromatic N) is 2. The van der Waals surface area contributed by atoms with Gasteiger partial charge in [-0.05, 0) is 42.0 Å². The summed E-state index contributed by atoms with van der Waals surface area (Å²) in [4.78, 5) is 18.7. The quantitative estimate of drug-likeness (QED) is 0.246. The number of ether oxygens (including phenoxy) is 2. The molecule has 0 spiro atoms. The molecule has 1 heterocycles. The number of nitrogens with one attached hydrogen (secondary N) is 1. The number of amides is 1. The number of hydrogen-bond donors (Lipinski definition) is 2. The Bertz CT molecular complexity index is 680. The molecule has 1 aliphatic rings. The van der Waals surface area contributed by atoms with Gasteiger partial charge in [0.25, 0.3) is 0 Å². The Kier molecular flexibility index (Phi) is 10.4. The summed E-state index contributed by atoms with van der Waals surface area (Å²) < 4.78 is 10.7. The van der Waals surface area contributed by atoms with Crippen molar-refractivity contribution in [3.63, 3.8) is 0 Å². The second-order valence-electron chi connectivity index (χ2n) is 7.19. The third-order valence-electron chi connectivity index (χ3n) is 4.57. The summed E-state index contributed by atoms with van der Waals surface area (Å²) >= 11 is 0. The summed E-state index contributed by atoms with van der Waals surface area (Å²) in [5.74, 6) is 2.52. The molecular weight excluding hydrogens is 471 g/mol. The van der Waals surface area contributed by atoms with E-state index < -0.39 is 0 Å². The van der Waals surface area contributed by atoms with Crippen LogP contribution in [-0.2, 0) is 17.8 Å². The highest BCUT2D eigenvalue weighted by molar-refractivity contribution is 14.0. The average molecular weight is 504 g/mol. The highest BCUT2D eigenvalue weighted by atomic mass is 127. The largest absolute Gasteiger partial charge is 0.493 e. The van der Waals surface area contributed by atoms with Gasteiger partial charge in [0.05, 0.1) is 14.2 Å². The summed E-state index contributed by atoms with van der Waals surface area (Å²) in [6, 6.07) is 3.99. The Labute approximate surface area is 185 Å². The number of nitrogens with two attached hydrogens (primary N) is 1. The maximum absolute atomic E-state index is 12.5. The first-order valence-electron chi connectivity index (χ1n) is 9.50. The predicted octanol–water partition coefficient (Wildman–Crippen LogP) is 2.55. The summed E-state index contributed by atoms with van der Waals surface area (Å²) in [7, 11) is 3.26. The molecule has 0 aromatic heterocycles. The predicted molar refractivity (Wildman–Crippen MR) is 123 cm³/mol. The fourth-order valence-electron chi connectivity index (χ4n) is 3.05. The van der Waals surface area contributed by atoms with Crippen LogP contribution in [0.4, 0.5) is 0 Å². The summed E-state index contributed by atoms with van der Waals surface area (Å²) in [5, 5.41) is 3.07. The fraction of sp³-hybridized carbons (Fsp3) is 0.600. The first-order valence-corrected chi connectivity index (χ1v) is 9.50. The van der Waals surface area contributed by atoms with Gasteiger partial charge in [0.2, 0.25) is 5.91 Å². The second-order valence-corrected chi connectivity index (χ2v) is 7.19. The van der Waals surface area contributed by atoms with Crippen LogP contribution in [-0.4, -0.2) is 50.6 Å². The molecule has 1 aromatic rings. The molecule has 1 aromatic carbocycles. The number of halogens is 1. The van der Waals surface area contributed by atoms with Crippen molar-refractivity contribution in [3.05, 3.63) is 23.3 Å². The van der Waals surface area contributed by atoms with E-state index in [1.807, 2.05) is 17.0 Å². The van der Waals surface area contributed by atoms with Crippen molar-refractivity contribution in [1.29, 1.82) is 0 Å². The number of fused-ring (bicyclic) bond motifs is 1. The van der Waals surface area contributed by atoms with Crippen molar-refractivity contribution < 1.29 is 14.3 Å². The number of methoxy groups -OCH3 is 2. The number of guanidine groups is 1. The van der Waals surface area contributed by atoms with Crippen LogP contribution >= 0.6 is 24.0 Å². The number of carbonyl (C=O) groups excluding carboxylic acids is 1. The summed E-state index contributed by atoms with van der Waals surface area (Å²) in [6.07, 6.45) is 2.05. The molecule has 0 radical (unpaired) electrons. The zero-order valence-corrected chi connectivity index (χ0v) is 19.6. The van der Waals surface area contributed by atoms with Gasteiger partial charge in [-0.25, -0.2) is 0 Å². The first-order chi connectivity index (χ1) is 12.9. The first kappa shape index (κ1) is 24.3. The van der Waals surface area contributed by atoms with E-state index in [1.54, 1.807) is 14.2 Å². The lowest BCUT2D eigenvalue weighted by atomic mass is 9.98. The molecule has 2 rings (SSSR count). The van der Waals surface area contributed by atoms with E-state index in [9.17, 15) is 4.79 Å². The molecule has 0 bridgehead atoms. The van der Waals surface area contributed by atoms with Crippen molar-refractivity contribution in [2.24, 2.45) is 16.6 Å². The Balaban J connectivity index is 0.00000392. The van der Waals surface area contributed by atoms with E-state index in [1.165, 1.54) is 5.56 Å². The Morgan fingerprint density at radius 3 is 2.50 bits per heavy atom. The second kappa shape index (κ2) is 12.0. The Hall–Kier alpha value is -1.71. The smallest absolute Gasteiger partial charge is 0.222 e. The molecule has 0 saturated carbocycles. The summed E-state index contributed by atoms with van der Waals surface area (Å²) in [6.45, 7) is 6.89. The number of carbonyl (C=O) groups is 1. The zero-order chi connectivity index (χ0) is 19.8.